The highest BCUT2D eigenvalue weighted by atomic mass is 16.5. The molecule has 5 aromatic rings. The lowest BCUT2D eigenvalue weighted by molar-refractivity contribution is -0.150. The van der Waals surface area contributed by atoms with Gasteiger partial charge in [-0.05, 0) is 103 Å². The summed E-state index contributed by atoms with van der Waals surface area (Å²) in [5, 5.41) is 15.5. The molecule has 0 saturated heterocycles. The van der Waals surface area contributed by atoms with E-state index in [1.807, 2.05) is 105 Å². The van der Waals surface area contributed by atoms with E-state index in [1.54, 1.807) is 7.05 Å². The Labute approximate surface area is 395 Å². The average Bonchev–Trinajstić information content (AvgIpc) is 3.32. The molecule has 0 aliphatic carbocycles. The number of unbranched alkanes of at least 4 members (excludes halogenated alkanes) is 1. The number of rotatable bonds is 26. The third-order valence-electron chi connectivity index (χ3n) is 11.3. The van der Waals surface area contributed by atoms with Crippen molar-refractivity contribution in [3.8, 4) is 22.6 Å². The summed E-state index contributed by atoms with van der Waals surface area (Å²) < 4.78 is 18.5. The first kappa shape index (κ1) is 51.3. The Morgan fingerprint density at radius 2 is 1.19 bits per heavy atom. The standard InChI is InChI=1S/C53H69N7O7/c1-35(2)28-31-65-45-26-24-38-18-9-11-20-40(38)48(45)49-41-21-12-10-19-39(41)25-27-46(49)66-34-47(61)58-42(22-13-14-29-54)50(62)59-43(23-15-30-57-53(55)56-5)51(63)60-44(32-36(3)4)52(64)67-33-37-16-7-6-8-17-37/h6-12,16-21,24-27,35-36,42-44H,13-15,22-23,28-34,54H2,1-5H3,(H,58,61)(H,59,62)(H,60,63)(H3,55,56,57)/t42-,43-,44+/m1/s1. The van der Waals surface area contributed by atoms with Crippen molar-refractivity contribution < 1.29 is 33.4 Å². The third kappa shape index (κ3) is 15.7. The summed E-state index contributed by atoms with van der Waals surface area (Å²) in [6.07, 6.45) is 3.18. The van der Waals surface area contributed by atoms with Crippen LogP contribution in [0.3, 0.4) is 0 Å². The minimum absolute atomic E-state index is 0.0373. The summed E-state index contributed by atoms with van der Waals surface area (Å²) in [7, 11) is 1.56. The predicted molar refractivity (Wildman–Crippen MR) is 267 cm³/mol. The number of esters is 1. The molecule has 0 unspecified atom stereocenters. The number of benzene rings is 5. The summed E-state index contributed by atoms with van der Waals surface area (Å²) in [4.78, 5) is 59.6. The van der Waals surface area contributed by atoms with Crippen LogP contribution in [0.5, 0.6) is 11.5 Å². The fourth-order valence-electron chi connectivity index (χ4n) is 7.73. The van der Waals surface area contributed by atoms with Crippen molar-refractivity contribution in [2.24, 2.45) is 28.3 Å². The van der Waals surface area contributed by atoms with E-state index in [4.69, 9.17) is 25.7 Å². The molecule has 0 bridgehead atoms. The second-order valence-electron chi connectivity index (χ2n) is 17.6. The zero-order valence-corrected chi connectivity index (χ0v) is 39.6. The highest BCUT2D eigenvalue weighted by molar-refractivity contribution is 6.10. The topological polar surface area (TPSA) is 208 Å². The van der Waals surface area contributed by atoms with E-state index in [0.717, 1.165) is 44.7 Å². The van der Waals surface area contributed by atoms with Crippen molar-refractivity contribution in [3.05, 3.63) is 109 Å². The molecule has 0 aromatic heterocycles. The second-order valence-corrected chi connectivity index (χ2v) is 17.6. The Kier molecular flexibility index (Phi) is 20.3. The summed E-state index contributed by atoms with van der Waals surface area (Å²) in [5.74, 6) is -0.338. The normalized spacial score (nSPS) is 12.9. The molecule has 0 saturated carbocycles. The number of fused-ring (bicyclic) bond motifs is 2. The van der Waals surface area contributed by atoms with Gasteiger partial charge in [0, 0.05) is 24.7 Å². The predicted octanol–water partition coefficient (Wildman–Crippen LogP) is 7.15. The summed E-state index contributed by atoms with van der Waals surface area (Å²) >= 11 is 0. The van der Waals surface area contributed by atoms with Crippen LogP contribution in [0.4, 0.5) is 0 Å². The maximum atomic E-state index is 14.2. The van der Waals surface area contributed by atoms with Crippen LogP contribution in [-0.2, 0) is 30.5 Å². The lowest BCUT2D eigenvalue weighted by Crippen LogP contribution is -2.56. The number of amides is 3. The Hall–Kier alpha value is -6.67. The Morgan fingerprint density at radius 3 is 1.79 bits per heavy atom. The molecule has 14 nitrogen and oxygen atoms in total. The van der Waals surface area contributed by atoms with Crippen LogP contribution in [0.25, 0.3) is 32.7 Å². The monoisotopic (exact) mass is 916 g/mol. The molecule has 5 aromatic carbocycles. The van der Waals surface area contributed by atoms with Crippen LogP contribution >= 0.6 is 0 Å². The van der Waals surface area contributed by atoms with Crippen molar-refractivity contribution in [1.82, 2.24) is 21.3 Å². The molecule has 0 heterocycles. The van der Waals surface area contributed by atoms with Crippen LogP contribution in [0.15, 0.2) is 108 Å². The van der Waals surface area contributed by atoms with E-state index < -0.39 is 48.4 Å². The molecule has 358 valence electrons. The van der Waals surface area contributed by atoms with E-state index in [0.29, 0.717) is 62.8 Å². The minimum Gasteiger partial charge on any atom is -0.493 e. The van der Waals surface area contributed by atoms with Crippen LogP contribution in [0, 0.1) is 11.8 Å². The smallest absolute Gasteiger partial charge is 0.328 e. The van der Waals surface area contributed by atoms with Crippen molar-refractivity contribution in [1.29, 1.82) is 0 Å². The fourth-order valence-corrected chi connectivity index (χ4v) is 7.73. The average molecular weight is 916 g/mol. The van der Waals surface area contributed by atoms with Crippen molar-refractivity contribution >= 4 is 51.2 Å². The maximum absolute atomic E-state index is 14.2. The van der Waals surface area contributed by atoms with Gasteiger partial charge < -0.3 is 46.9 Å². The molecular weight excluding hydrogens is 847 g/mol. The Bertz CT molecular complexity index is 2420. The number of aliphatic imine (C=N–C) groups is 1. The van der Waals surface area contributed by atoms with E-state index in [-0.39, 0.29) is 31.3 Å². The number of carbonyl (C=O) groups excluding carboxylic acids is 4. The first-order valence-electron chi connectivity index (χ1n) is 23.4. The first-order chi connectivity index (χ1) is 32.4. The maximum Gasteiger partial charge on any atom is 0.328 e. The van der Waals surface area contributed by atoms with Crippen LogP contribution < -0.4 is 42.2 Å². The molecule has 0 spiro atoms. The fraction of sp³-hybridized carbons (Fsp3) is 0.415. The number of nitrogens with two attached hydrogens (primary N) is 2. The molecule has 14 heteroatoms. The van der Waals surface area contributed by atoms with Gasteiger partial charge in [0.2, 0.25) is 11.8 Å². The number of nitrogens with one attached hydrogen (secondary N) is 4. The zero-order chi connectivity index (χ0) is 48.1. The SMILES string of the molecule is CN=C(N)NCCC[C@@H](NC(=O)[C@@H](CCCCN)NC(=O)COc1ccc2ccccc2c1-c1c(OCCC(C)C)ccc2ccccc12)C(=O)N[C@@H](CC(C)C)C(=O)OCc1ccccc1. The number of hydrogen-bond acceptors (Lipinski definition) is 9. The number of nitrogens with zero attached hydrogens (tertiary/aromatic N) is 1. The van der Waals surface area contributed by atoms with E-state index >= 15 is 0 Å². The molecule has 0 radical (unpaired) electrons. The largest absolute Gasteiger partial charge is 0.493 e. The van der Waals surface area contributed by atoms with E-state index in [2.05, 4.69) is 52.2 Å². The number of hydrogen-bond donors (Lipinski definition) is 6. The Morgan fingerprint density at radius 1 is 0.627 bits per heavy atom. The third-order valence-corrected chi connectivity index (χ3v) is 11.3. The van der Waals surface area contributed by atoms with E-state index in [9.17, 15) is 19.2 Å². The molecule has 3 atom stereocenters. The number of ether oxygens (including phenoxy) is 3. The van der Waals surface area contributed by atoms with Crippen molar-refractivity contribution in [2.45, 2.75) is 97.4 Å². The van der Waals surface area contributed by atoms with Gasteiger partial charge in [-0.3, -0.25) is 19.4 Å². The van der Waals surface area contributed by atoms with Gasteiger partial charge in [0.05, 0.1) is 6.61 Å². The van der Waals surface area contributed by atoms with Gasteiger partial charge >= 0.3 is 5.97 Å². The van der Waals surface area contributed by atoms with Gasteiger partial charge in [-0.2, -0.15) is 0 Å². The lowest BCUT2D eigenvalue weighted by atomic mass is 9.92. The molecule has 5 rings (SSSR count). The van der Waals surface area contributed by atoms with Crippen LogP contribution in [0.2, 0.25) is 0 Å². The van der Waals surface area contributed by atoms with E-state index in [1.165, 1.54) is 0 Å². The van der Waals surface area contributed by atoms with Crippen LogP contribution in [0.1, 0.15) is 78.2 Å². The molecule has 3 amide bonds. The van der Waals surface area contributed by atoms with Crippen molar-refractivity contribution in [2.75, 3.05) is 33.4 Å². The van der Waals surface area contributed by atoms with Gasteiger partial charge in [-0.1, -0.05) is 119 Å². The molecule has 0 fully saturated rings. The summed E-state index contributed by atoms with van der Waals surface area (Å²) in [6.45, 7) is 9.14. The zero-order valence-electron chi connectivity index (χ0n) is 39.6. The Balaban J connectivity index is 1.37. The highest BCUT2D eigenvalue weighted by Crippen LogP contribution is 2.45. The van der Waals surface area contributed by atoms with Gasteiger partial charge in [-0.25, -0.2) is 4.79 Å². The quantitative estimate of drug-likeness (QED) is 0.0143. The first-order valence-corrected chi connectivity index (χ1v) is 23.4. The molecule has 0 aliphatic heterocycles. The van der Waals surface area contributed by atoms with Gasteiger partial charge in [0.25, 0.3) is 5.91 Å². The lowest BCUT2D eigenvalue weighted by Gasteiger charge is -2.26. The number of guanidine groups is 1. The molecule has 0 aliphatic rings. The summed E-state index contributed by atoms with van der Waals surface area (Å²) in [6, 6.07) is 30.2. The molecule has 8 N–H and O–H groups in total. The molecule has 67 heavy (non-hydrogen) atoms. The minimum atomic E-state index is -1.08. The van der Waals surface area contributed by atoms with Gasteiger partial charge in [0.1, 0.15) is 36.2 Å². The van der Waals surface area contributed by atoms with Crippen molar-refractivity contribution in [3.63, 3.8) is 0 Å². The number of carbonyl (C=O) groups is 4. The molecular formula is C53H69N7O7. The second kappa shape index (κ2) is 26.5. The highest BCUT2D eigenvalue weighted by Gasteiger charge is 2.31. The summed E-state index contributed by atoms with van der Waals surface area (Å²) in [5.41, 5.74) is 14.1. The van der Waals surface area contributed by atoms with Gasteiger partial charge in [0.15, 0.2) is 12.6 Å². The van der Waals surface area contributed by atoms with Crippen LogP contribution in [-0.4, -0.2) is 81.1 Å². The van der Waals surface area contributed by atoms with Gasteiger partial charge in [-0.15, -0.1) is 0 Å².